The number of halogens is 1. The van der Waals surface area contributed by atoms with Gasteiger partial charge in [0.2, 0.25) is 0 Å². The quantitative estimate of drug-likeness (QED) is 0.836. The van der Waals surface area contributed by atoms with E-state index in [-0.39, 0.29) is 5.91 Å². The van der Waals surface area contributed by atoms with Gasteiger partial charge in [-0.15, -0.1) is 0 Å². The Labute approximate surface area is 106 Å². The van der Waals surface area contributed by atoms with Crippen LogP contribution in [0.1, 0.15) is 30.8 Å². The molecule has 0 aliphatic carbocycles. The Balaban J connectivity index is 2.74. The largest absolute Gasteiger partial charge is 0.345 e. The number of nitrogens with zero attached hydrogens (tertiary/aromatic N) is 2. The second kappa shape index (κ2) is 5.53. The highest BCUT2D eigenvalue weighted by molar-refractivity contribution is 9.10. The van der Waals surface area contributed by atoms with Gasteiger partial charge >= 0.3 is 0 Å². The van der Waals surface area contributed by atoms with Crippen LogP contribution in [0.25, 0.3) is 0 Å². The summed E-state index contributed by atoms with van der Waals surface area (Å²) in [5.74, 6) is 0.617. The molecule has 0 N–H and O–H groups in total. The molecule has 90 valence electrons. The van der Waals surface area contributed by atoms with E-state index in [1.54, 1.807) is 4.90 Å². The van der Waals surface area contributed by atoms with Gasteiger partial charge in [-0.3, -0.25) is 4.79 Å². The minimum Gasteiger partial charge on any atom is -0.345 e. The molecule has 1 aromatic rings. The fourth-order valence-corrected chi connectivity index (χ4v) is 2.14. The minimum absolute atomic E-state index is 0.0773. The van der Waals surface area contributed by atoms with Crippen molar-refractivity contribution in [2.75, 3.05) is 13.6 Å². The second-order valence-electron chi connectivity index (χ2n) is 4.35. The van der Waals surface area contributed by atoms with Crippen LogP contribution >= 0.6 is 15.9 Å². The number of carbonyl (C=O) groups excluding carboxylic acids is 1. The summed E-state index contributed by atoms with van der Waals surface area (Å²) < 4.78 is 2.79. The van der Waals surface area contributed by atoms with Gasteiger partial charge < -0.3 is 9.47 Å². The normalized spacial score (nSPS) is 12.6. The average molecular weight is 287 g/mol. The van der Waals surface area contributed by atoms with Gasteiger partial charge in [0.1, 0.15) is 5.69 Å². The summed E-state index contributed by atoms with van der Waals surface area (Å²) in [6.45, 7) is 5.10. The molecule has 0 radical (unpaired) electrons. The summed E-state index contributed by atoms with van der Waals surface area (Å²) >= 11 is 3.37. The molecule has 16 heavy (non-hydrogen) atoms. The molecule has 0 aromatic carbocycles. The van der Waals surface area contributed by atoms with Crippen LogP contribution < -0.4 is 0 Å². The van der Waals surface area contributed by atoms with Crippen LogP contribution in [0.5, 0.6) is 0 Å². The van der Waals surface area contributed by atoms with E-state index < -0.39 is 0 Å². The highest BCUT2D eigenvalue weighted by atomic mass is 79.9. The predicted molar refractivity (Wildman–Crippen MR) is 69.5 cm³/mol. The lowest BCUT2D eigenvalue weighted by Gasteiger charge is -2.20. The molecule has 3 nitrogen and oxygen atoms in total. The van der Waals surface area contributed by atoms with E-state index in [2.05, 4.69) is 29.8 Å². The third-order valence-electron chi connectivity index (χ3n) is 2.82. The van der Waals surface area contributed by atoms with Crippen molar-refractivity contribution >= 4 is 21.8 Å². The number of hydrogen-bond acceptors (Lipinski definition) is 1. The van der Waals surface area contributed by atoms with E-state index in [1.807, 2.05) is 30.9 Å². The molecule has 0 fully saturated rings. The van der Waals surface area contributed by atoms with E-state index in [4.69, 9.17) is 0 Å². The summed E-state index contributed by atoms with van der Waals surface area (Å²) in [6.07, 6.45) is 2.98. The van der Waals surface area contributed by atoms with Gasteiger partial charge in [0.25, 0.3) is 5.91 Å². The van der Waals surface area contributed by atoms with Crippen molar-refractivity contribution in [3.05, 3.63) is 22.4 Å². The Bertz CT molecular complexity index is 373. The van der Waals surface area contributed by atoms with Gasteiger partial charge in [-0.05, 0) is 27.9 Å². The van der Waals surface area contributed by atoms with Crippen LogP contribution in [-0.4, -0.2) is 29.0 Å². The fourth-order valence-electron chi connectivity index (χ4n) is 1.61. The molecule has 0 bridgehead atoms. The van der Waals surface area contributed by atoms with Gasteiger partial charge in [-0.1, -0.05) is 20.3 Å². The van der Waals surface area contributed by atoms with E-state index in [0.29, 0.717) is 5.92 Å². The second-order valence-corrected chi connectivity index (χ2v) is 5.27. The molecule has 0 aliphatic heterocycles. The molecule has 0 saturated heterocycles. The Hall–Kier alpha value is -0.770. The number of rotatable bonds is 4. The molecular weight excluding hydrogens is 268 g/mol. The molecule has 4 heteroatoms. The lowest BCUT2D eigenvalue weighted by Crippen LogP contribution is -2.32. The van der Waals surface area contributed by atoms with Gasteiger partial charge in [0.15, 0.2) is 0 Å². The number of aromatic nitrogens is 1. The molecule has 1 rings (SSSR count). The summed E-state index contributed by atoms with van der Waals surface area (Å²) in [5.41, 5.74) is 0.720. The molecular formula is C12H19BrN2O. The third-order valence-corrected chi connectivity index (χ3v) is 3.25. The maximum atomic E-state index is 12.1. The monoisotopic (exact) mass is 286 g/mol. The van der Waals surface area contributed by atoms with Crippen LogP contribution in [0.15, 0.2) is 16.7 Å². The number of carbonyl (C=O) groups is 1. The van der Waals surface area contributed by atoms with Crippen molar-refractivity contribution in [3.8, 4) is 0 Å². The first-order chi connectivity index (χ1) is 7.45. The lowest BCUT2D eigenvalue weighted by atomic mass is 10.1. The minimum atomic E-state index is 0.0773. The lowest BCUT2D eigenvalue weighted by molar-refractivity contribution is 0.0765. The Kier molecular flexibility index (Phi) is 4.59. The Morgan fingerprint density at radius 3 is 2.69 bits per heavy atom. The summed E-state index contributed by atoms with van der Waals surface area (Å²) in [7, 11) is 3.74. The van der Waals surface area contributed by atoms with Gasteiger partial charge in [-0.2, -0.15) is 0 Å². The zero-order valence-corrected chi connectivity index (χ0v) is 11.9. The number of hydrogen-bond donors (Lipinski definition) is 0. The molecule has 1 heterocycles. The first-order valence-corrected chi connectivity index (χ1v) is 6.32. The molecule has 1 aromatic heterocycles. The summed E-state index contributed by atoms with van der Waals surface area (Å²) in [4.78, 5) is 13.9. The zero-order chi connectivity index (χ0) is 12.3. The van der Waals surface area contributed by atoms with E-state index in [9.17, 15) is 4.79 Å². The maximum Gasteiger partial charge on any atom is 0.270 e. The van der Waals surface area contributed by atoms with E-state index in [0.717, 1.165) is 23.1 Å². The highest BCUT2D eigenvalue weighted by Crippen LogP contribution is 2.15. The molecule has 0 aliphatic rings. The standard InChI is InChI=1S/C12H19BrN2O/c1-5-9(2)7-15(4)12(16)11-6-10(13)8-14(11)3/h6,8-9H,5,7H2,1-4H3. The third kappa shape index (κ3) is 3.11. The Morgan fingerprint density at radius 1 is 1.62 bits per heavy atom. The first-order valence-electron chi connectivity index (χ1n) is 5.53. The van der Waals surface area contributed by atoms with Crippen LogP contribution in [0, 0.1) is 5.92 Å². The van der Waals surface area contributed by atoms with Crippen LogP contribution in [0.2, 0.25) is 0 Å². The average Bonchev–Trinajstić information content (AvgIpc) is 2.56. The summed E-state index contributed by atoms with van der Waals surface area (Å²) in [6, 6.07) is 1.86. The SMILES string of the molecule is CCC(C)CN(C)C(=O)c1cc(Br)cn1C. The fraction of sp³-hybridized carbons (Fsp3) is 0.583. The summed E-state index contributed by atoms with van der Waals surface area (Å²) in [5, 5.41) is 0. The first kappa shape index (κ1) is 13.3. The van der Waals surface area contributed by atoms with Crippen molar-refractivity contribution in [2.45, 2.75) is 20.3 Å². The molecule has 1 amide bonds. The van der Waals surface area contributed by atoms with Gasteiger partial charge in [0, 0.05) is 31.3 Å². The topological polar surface area (TPSA) is 25.2 Å². The van der Waals surface area contributed by atoms with Crippen molar-refractivity contribution in [1.82, 2.24) is 9.47 Å². The number of aryl methyl sites for hydroxylation is 1. The Morgan fingerprint density at radius 2 is 2.25 bits per heavy atom. The molecule has 1 unspecified atom stereocenters. The van der Waals surface area contributed by atoms with E-state index in [1.165, 1.54) is 0 Å². The number of amides is 1. The zero-order valence-electron chi connectivity index (χ0n) is 10.3. The van der Waals surface area contributed by atoms with Crippen LogP contribution in [0.3, 0.4) is 0 Å². The smallest absolute Gasteiger partial charge is 0.270 e. The highest BCUT2D eigenvalue weighted by Gasteiger charge is 2.16. The van der Waals surface area contributed by atoms with Gasteiger partial charge in [-0.25, -0.2) is 0 Å². The van der Waals surface area contributed by atoms with Gasteiger partial charge in [0.05, 0.1) is 0 Å². The van der Waals surface area contributed by atoms with Crippen LogP contribution in [0.4, 0.5) is 0 Å². The van der Waals surface area contributed by atoms with Crippen molar-refractivity contribution in [3.63, 3.8) is 0 Å². The molecule has 1 atom stereocenters. The molecule has 0 spiro atoms. The predicted octanol–water partition coefficient (Wildman–Crippen LogP) is 2.91. The van der Waals surface area contributed by atoms with E-state index >= 15 is 0 Å². The van der Waals surface area contributed by atoms with Crippen molar-refractivity contribution < 1.29 is 4.79 Å². The van der Waals surface area contributed by atoms with Crippen molar-refractivity contribution in [1.29, 1.82) is 0 Å². The molecule has 0 saturated carbocycles. The van der Waals surface area contributed by atoms with Crippen LogP contribution in [-0.2, 0) is 7.05 Å². The maximum absolute atomic E-state index is 12.1. The van der Waals surface area contributed by atoms with Crippen molar-refractivity contribution in [2.24, 2.45) is 13.0 Å².